The Balaban J connectivity index is 1.71. The van der Waals surface area contributed by atoms with Crippen LogP contribution in [0.2, 0.25) is 0 Å². The Morgan fingerprint density at radius 3 is 2.50 bits per heavy atom. The molecule has 0 radical (unpaired) electrons. The third-order valence-corrected chi connectivity index (χ3v) is 5.82. The normalized spacial score (nSPS) is 11.9. The van der Waals surface area contributed by atoms with E-state index >= 15 is 0 Å². The highest BCUT2D eigenvalue weighted by Crippen LogP contribution is 2.38. The average molecular weight is 428 g/mol. The first-order valence-corrected chi connectivity index (χ1v) is 10.7. The lowest BCUT2D eigenvalue weighted by Gasteiger charge is -2.17. The van der Waals surface area contributed by atoms with E-state index in [1.165, 1.54) is 11.6 Å². The number of hydrogen-bond donors (Lipinski definition) is 2. The average Bonchev–Trinajstić information content (AvgIpc) is 3.26. The van der Waals surface area contributed by atoms with Gasteiger partial charge < -0.3 is 10.3 Å². The lowest BCUT2D eigenvalue weighted by molar-refractivity contribution is -0.385. The van der Waals surface area contributed by atoms with Gasteiger partial charge in [-0.2, -0.15) is 0 Å². The number of fused-ring (bicyclic) bond motifs is 1. The molecule has 0 aliphatic rings. The van der Waals surface area contributed by atoms with Crippen molar-refractivity contribution in [3.05, 3.63) is 111 Å². The molecule has 162 valence electrons. The van der Waals surface area contributed by atoms with E-state index in [1.807, 2.05) is 48.7 Å². The predicted molar refractivity (Wildman–Crippen MR) is 126 cm³/mol. The maximum absolute atomic E-state index is 12.9. The van der Waals surface area contributed by atoms with E-state index in [1.54, 1.807) is 18.2 Å². The van der Waals surface area contributed by atoms with E-state index in [0.29, 0.717) is 12.1 Å². The number of nitro benzene ring substituents is 1. The molecule has 4 rings (SSSR count). The molecular formula is C26H25N3O3. The second-order valence-corrected chi connectivity index (χ2v) is 7.77. The van der Waals surface area contributed by atoms with E-state index in [4.69, 9.17) is 0 Å². The lowest BCUT2D eigenvalue weighted by Crippen LogP contribution is -2.25. The Bertz CT molecular complexity index is 1250. The van der Waals surface area contributed by atoms with Gasteiger partial charge in [-0.05, 0) is 23.1 Å². The minimum Gasteiger partial charge on any atom is -0.361 e. The molecule has 0 saturated carbocycles. The predicted octanol–water partition coefficient (Wildman–Crippen LogP) is 5.48. The number of hydrogen-bond acceptors (Lipinski definition) is 3. The van der Waals surface area contributed by atoms with Crippen molar-refractivity contribution >= 4 is 22.5 Å². The number of carbonyl (C=O) groups is 1. The molecule has 0 saturated heterocycles. The number of nitrogens with zero attached hydrogens (tertiary/aromatic N) is 1. The third-order valence-electron chi connectivity index (χ3n) is 5.82. The van der Waals surface area contributed by atoms with E-state index in [9.17, 15) is 14.9 Å². The van der Waals surface area contributed by atoms with Crippen LogP contribution in [-0.4, -0.2) is 15.8 Å². The summed E-state index contributed by atoms with van der Waals surface area (Å²) in [7, 11) is 0. The monoisotopic (exact) mass is 427 g/mol. The summed E-state index contributed by atoms with van der Waals surface area (Å²) in [4.78, 5) is 27.7. The van der Waals surface area contributed by atoms with Crippen LogP contribution in [0, 0.1) is 10.1 Å². The summed E-state index contributed by atoms with van der Waals surface area (Å²) in [6.07, 6.45) is 2.86. The molecule has 3 aromatic carbocycles. The van der Waals surface area contributed by atoms with Crippen molar-refractivity contribution in [3.8, 4) is 0 Å². The van der Waals surface area contributed by atoms with Gasteiger partial charge in [0.2, 0.25) is 5.91 Å². The number of aromatic amines is 1. The Labute approximate surface area is 186 Å². The maximum Gasteiger partial charge on any atom is 0.273 e. The summed E-state index contributed by atoms with van der Waals surface area (Å²) < 4.78 is 0. The van der Waals surface area contributed by atoms with Crippen LogP contribution in [0.3, 0.4) is 0 Å². The quantitative estimate of drug-likeness (QED) is 0.288. The fraction of sp³-hybridized carbons (Fsp3) is 0.192. The zero-order valence-corrected chi connectivity index (χ0v) is 17.9. The largest absolute Gasteiger partial charge is 0.361 e. The Kier molecular flexibility index (Phi) is 6.31. The molecule has 0 unspecified atom stereocenters. The summed E-state index contributed by atoms with van der Waals surface area (Å²) in [5.41, 5.74) is 4.63. The highest BCUT2D eigenvalue weighted by atomic mass is 16.6. The van der Waals surface area contributed by atoms with E-state index in [0.717, 1.165) is 28.5 Å². The fourth-order valence-corrected chi connectivity index (χ4v) is 4.21. The summed E-state index contributed by atoms with van der Waals surface area (Å²) in [6.45, 7) is 2.50. The first-order chi connectivity index (χ1) is 15.6. The minimum atomic E-state index is -0.451. The second-order valence-electron chi connectivity index (χ2n) is 7.77. The van der Waals surface area contributed by atoms with Crippen molar-refractivity contribution in [2.45, 2.75) is 32.2 Å². The van der Waals surface area contributed by atoms with Gasteiger partial charge in [0.05, 0.1) is 4.92 Å². The van der Waals surface area contributed by atoms with Crippen LogP contribution < -0.4 is 5.32 Å². The van der Waals surface area contributed by atoms with Crippen molar-refractivity contribution in [3.63, 3.8) is 0 Å². The van der Waals surface area contributed by atoms with Gasteiger partial charge >= 0.3 is 0 Å². The van der Waals surface area contributed by atoms with Gasteiger partial charge in [0, 0.05) is 47.6 Å². The van der Waals surface area contributed by atoms with Crippen LogP contribution in [0.25, 0.3) is 10.9 Å². The number of carbonyl (C=O) groups excluding carboxylic acids is 1. The van der Waals surface area contributed by atoms with Gasteiger partial charge in [0.15, 0.2) is 0 Å². The Morgan fingerprint density at radius 2 is 1.75 bits per heavy atom. The molecule has 0 spiro atoms. The lowest BCUT2D eigenvalue weighted by atomic mass is 9.86. The highest BCUT2D eigenvalue weighted by molar-refractivity contribution is 5.88. The number of aryl methyl sites for hydroxylation is 1. The molecule has 0 aliphatic carbocycles. The number of para-hydroxylation sites is 2. The van der Waals surface area contributed by atoms with E-state index in [-0.39, 0.29) is 22.9 Å². The smallest absolute Gasteiger partial charge is 0.273 e. The Morgan fingerprint density at radius 1 is 1.00 bits per heavy atom. The zero-order chi connectivity index (χ0) is 22.5. The standard InChI is InChI=1S/C26H25N3O3/c1-2-19-11-8-13-21-23(17-28-26(19)21)22(20-12-6-7-14-24(20)29(31)32)15-25(30)27-16-18-9-4-3-5-10-18/h3-14,17,22,28H,2,15-16H2,1H3,(H,27,30)/t22-/m1/s1. The number of H-pyrrole nitrogens is 1. The van der Waals surface area contributed by atoms with Gasteiger partial charge in [0.1, 0.15) is 0 Å². The van der Waals surface area contributed by atoms with E-state index in [2.05, 4.69) is 23.3 Å². The zero-order valence-electron chi connectivity index (χ0n) is 17.9. The molecule has 4 aromatic rings. The van der Waals surface area contributed by atoms with Crippen molar-refractivity contribution < 1.29 is 9.72 Å². The molecule has 1 atom stereocenters. The van der Waals surface area contributed by atoms with Crippen LogP contribution in [0.4, 0.5) is 5.69 Å². The van der Waals surface area contributed by atoms with Gasteiger partial charge in [-0.3, -0.25) is 14.9 Å². The van der Waals surface area contributed by atoms with Gasteiger partial charge in [0.25, 0.3) is 5.69 Å². The van der Waals surface area contributed by atoms with Crippen molar-refractivity contribution in [1.82, 2.24) is 10.3 Å². The maximum atomic E-state index is 12.9. The summed E-state index contributed by atoms with van der Waals surface area (Å²) in [6, 6.07) is 22.4. The summed E-state index contributed by atoms with van der Waals surface area (Å²) in [5, 5.41) is 15.7. The molecule has 0 bridgehead atoms. The van der Waals surface area contributed by atoms with Gasteiger partial charge in [-0.15, -0.1) is 0 Å². The van der Waals surface area contributed by atoms with Gasteiger partial charge in [-0.25, -0.2) is 0 Å². The molecule has 1 amide bonds. The highest BCUT2D eigenvalue weighted by Gasteiger charge is 2.27. The van der Waals surface area contributed by atoms with Crippen molar-refractivity contribution in [2.75, 3.05) is 0 Å². The van der Waals surface area contributed by atoms with Crippen LogP contribution in [-0.2, 0) is 17.8 Å². The molecule has 0 fully saturated rings. The number of aromatic nitrogens is 1. The fourth-order valence-electron chi connectivity index (χ4n) is 4.21. The molecule has 2 N–H and O–H groups in total. The molecule has 6 heteroatoms. The first-order valence-electron chi connectivity index (χ1n) is 10.7. The third kappa shape index (κ3) is 4.39. The van der Waals surface area contributed by atoms with Crippen LogP contribution >= 0.6 is 0 Å². The summed E-state index contributed by atoms with van der Waals surface area (Å²) in [5.74, 6) is -0.605. The van der Waals surface area contributed by atoms with Crippen molar-refractivity contribution in [1.29, 1.82) is 0 Å². The Hall–Kier alpha value is -3.93. The first kappa shape index (κ1) is 21.3. The van der Waals surface area contributed by atoms with Crippen molar-refractivity contribution in [2.24, 2.45) is 0 Å². The van der Waals surface area contributed by atoms with Gasteiger partial charge in [-0.1, -0.05) is 73.7 Å². The molecular weight excluding hydrogens is 402 g/mol. The molecule has 32 heavy (non-hydrogen) atoms. The number of rotatable bonds is 8. The molecule has 1 aromatic heterocycles. The number of benzene rings is 3. The number of amides is 1. The number of nitrogens with one attached hydrogen (secondary N) is 2. The van der Waals surface area contributed by atoms with Crippen LogP contribution in [0.15, 0.2) is 79.0 Å². The number of nitro groups is 1. The van der Waals surface area contributed by atoms with Crippen LogP contribution in [0.1, 0.15) is 41.5 Å². The van der Waals surface area contributed by atoms with E-state index < -0.39 is 5.92 Å². The summed E-state index contributed by atoms with van der Waals surface area (Å²) >= 11 is 0. The minimum absolute atomic E-state index is 0.0226. The topological polar surface area (TPSA) is 88.0 Å². The molecule has 0 aliphatic heterocycles. The molecule has 6 nitrogen and oxygen atoms in total. The van der Waals surface area contributed by atoms with Crippen LogP contribution in [0.5, 0.6) is 0 Å². The SMILES string of the molecule is CCc1cccc2c([C@H](CC(=O)NCc3ccccc3)c3ccccc3[N+](=O)[O-])c[nH]c12. The molecule has 1 heterocycles. The second kappa shape index (κ2) is 9.47.